The summed E-state index contributed by atoms with van der Waals surface area (Å²) >= 11 is 6.38. The summed E-state index contributed by atoms with van der Waals surface area (Å²) in [7, 11) is 0. The van der Waals surface area contributed by atoms with Crippen molar-refractivity contribution in [3.8, 4) is 11.1 Å². The molecule has 6 aromatic carbocycles. The first-order valence-corrected chi connectivity index (χ1v) is 12.0. The zero-order valence-electron chi connectivity index (χ0n) is 18.5. The molecule has 0 amide bonds. The molecule has 1 aliphatic rings. The van der Waals surface area contributed by atoms with Gasteiger partial charge < -0.3 is 0 Å². The molecule has 160 valence electrons. The van der Waals surface area contributed by atoms with E-state index in [1.165, 1.54) is 54.9 Å². The van der Waals surface area contributed by atoms with Crippen molar-refractivity contribution in [3.05, 3.63) is 155 Å². The monoisotopic (exact) mass is 452 g/mol. The van der Waals surface area contributed by atoms with E-state index in [2.05, 4.69) is 115 Å². The van der Waals surface area contributed by atoms with Gasteiger partial charge in [-0.1, -0.05) is 127 Å². The molecule has 6 aromatic rings. The first kappa shape index (κ1) is 19.6. The Morgan fingerprint density at radius 1 is 0.441 bits per heavy atom. The normalized spacial score (nSPS) is 16.5. The van der Waals surface area contributed by atoms with Crippen molar-refractivity contribution < 1.29 is 0 Å². The molecule has 0 nitrogen and oxygen atoms in total. The molecule has 1 heteroatoms. The fraction of sp³-hybridized carbons (Fsp3) is 0.0303. The van der Waals surface area contributed by atoms with E-state index < -0.39 is 5.41 Å². The highest BCUT2D eigenvalue weighted by atomic mass is 35.5. The summed E-state index contributed by atoms with van der Waals surface area (Å²) in [6.45, 7) is 0. The molecule has 0 aromatic heterocycles. The smallest absolute Gasteiger partial charge is 0.0719 e. The Morgan fingerprint density at radius 3 is 1.71 bits per heavy atom. The number of hydrogen-bond donors (Lipinski definition) is 0. The van der Waals surface area contributed by atoms with Crippen LogP contribution in [0, 0.1) is 0 Å². The first-order valence-electron chi connectivity index (χ1n) is 11.7. The van der Waals surface area contributed by atoms with Crippen molar-refractivity contribution in [2.24, 2.45) is 0 Å². The Kier molecular flexibility index (Phi) is 4.21. The van der Waals surface area contributed by atoms with Crippen LogP contribution in [0.1, 0.15) is 22.3 Å². The van der Waals surface area contributed by atoms with E-state index >= 15 is 0 Å². The predicted molar refractivity (Wildman–Crippen MR) is 144 cm³/mol. The summed E-state index contributed by atoms with van der Waals surface area (Å²) in [6.07, 6.45) is 0. The molecule has 0 radical (unpaired) electrons. The maximum absolute atomic E-state index is 6.38. The summed E-state index contributed by atoms with van der Waals surface area (Å²) in [4.78, 5) is 0. The van der Waals surface area contributed by atoms with Crippen LogP contribution in [0.4, 0.5) is 0 Å². The minimum absolute atomic E-state index is 0.443. The van der Waals surface area contributed by atoms with Crippen LogP contribution < -0.4 is 0 Å². The minimum atomic E-state index is -0.443. The lowest BCUT2D eigenvalue weighted by molar-refractivity contribution is 0.776. The molecule has 0 saturated heterocycles. The van der Waals surface area contributed by atoms with Gasteiger partial charge in [0.05, 0.1) is 5.41 Å². The van der Waals surface area contributed by atoms with Gasteiger partial charge in [-0.15, -0.1) is 0 Å². The van der Waals surface area contributed by atoms with E-state index in [9.17, 15) is 0 Å². The van der Waals surface area contributed by atoms with Crippen LogP contribution in [0.3, 0.4) is 0 Å². The largest absolute Gasteiger partial charge is 0.0843 e. The number of benzene rings is 6. The molecule has 1 atom stereocenters. The summed E-state index contributed by atoms with van der Waals surface area (Å²) in [5, 5.41) is 5.94. The first-order chi connectivity index (χ1) is 16.8. The van der Waals surface area contributed by atoms with Gasteiger partial charge in [0.1, 0.15) is 0 Å². The van der Waals surface area contributed by atoms with Gasteiger partial charge in [-0.25, -0.2) is 0 Å². The van der Waals surface area contributed by atoms with Crippen LogP contribution in [-0.4, -0.2) is 0 Å². The van der Waals surface area contributed by atoms with Gasteiger partial charge >= 0.3 is 0 Å². The van der Waals surface area contributed by atoms with Gasteiger partial charge in [0.15, 0.2) is 0 Å². The van der Waals surface area contributed by atoms with Crippen molar-refractivity contribution in [1.29, 1.82) is 0 Å². The molecule has 0 spiro atoms. The van der Waals surface area contributed by atoms with E-state index in [1.807, 2.05) is 12.1 Å². The van der Waals surface area contributed by atoms with E-state index in [1.54, 1.807) is 0 Å². The maximum atomic E-state index is 6.38. The second-order valence-corrected chi connectivity index (χ2v) is 9.45. The summed E-state index contributed by atoms with van der Waals surface area (Å²) in [6, 6.07) is 46.0. The van der Waals surface area contributed by atoms with Crippen LogP contribution in [0.2, 0.25) is 5.02 Å². The van der Waals surface area contributed by atoms with Gasteiger partial charge in [0.25, 0.3) is 0 Å². The Morgan fingerprint density at radius 2 is 0.971 bits per heavy atom. The maximum Gasteiger partial charge on any atom is 0.0719 e. The second kappa shape index (κ2) is 7.32. The molecule has 0 aliphatic heterocycles. The van der Waals surface area contributed by atoms with E-state index in [4.69, 9.17) is 11.6 Å². The predicted octanol–water partition coefficient (Wildman–Crippen LogP) is 9.01. The zero-order valence-corrected chi connectivity index (χ0v) is 19.3. The average molecular weight is 453 g/mol. The molecular weight excluding hydrogens is 432 g/mol. The fourth-order valence-electron chi connectivity index (χ4n) is 6.13. The van der Waals surface area contributed by atoms with Crippen LogP contribution in [0.15, 0.2) is 127 Å². The molecule has 0 bridgehead atoms. The fourth-order valence-corrected chi connectivity index (χ4v) is 6.25. The minimum Gasteiger partial charge on any atom is -0.0843 e. The lowest BCUT2D eigenvalue weighted by atomic mass is 9.66. The van der Waals surface area contributed by atoms with Gasteiger partial charge in [0, 0.05) is 5.02 Å². The lowest BCUT2D eigenvalue weighted by Gasteiger charge is -2.35. The summed E-state index contributed by atoms with van der Waals surface area (Å²) in [5.41, 5.74) is 7.37. The topological polar surface area (TPSA) is 0 Å². The Labute approximate surface area is 204 Å². The number of halogens is 1. The van der Waals surface area contributed by atoms with Gasteiger partial charge in [-0.2, -0.15) is 0 Å². The van der Waals surface area contributed by atoms with Crippen molar-refractivity contribution >= 4 is 33.1 Å². The van der Waals surface area contributed by atoms with Crippen molar-refractivity contribution in [1.82, 2.24) is 0 Å². The molecule has 0 saturated carbocycles. The molecule has 0 N–H and O–H groups in total. The molecule has 1 unspecified atom stereocenters. The zero-order chi connectivity index (χ0) is 22.7. The molecule has 7 rings (SSSR count). The third-order valence-corrected chi connectivity index (χ3v) is 7.64. The SMILES string of the molecule is Clc1ccc(C2(c3ccccc3)c3ccccc3-c3c2c2ccccc2c2ccccc32)cc1. The highest BCUT2D eigenvalue weighted by Gasteiger charge is 2.47. The Bertz CT molecular complexity index is 1700. The number of rotatable bonds is 2. The Hall–Kier alpha value is -3.87. The van der Waals surface area contributed by atoms with Crippen LogP contribution in [0.25, 0.3) is 32.7 Å². The molecule has 1 aliphatic carbocycles. The standard InChI is InChI=1S/C33H21Cl/c34-24-20-18-23(19-21-24)33(22-10-2-1-3-11-22)30-17-9-8-16-29(30)31-27-14-6-4-12-25(27)26-13-5-7-15-28(26)32(31)33/h1-21H. The molecule has 0 fully saturated rings. The second-order valence-electron chi connectivity index (χ2n) is 9.01. The van der Waals surface area contributed by atoms with E-state index in [0.29, 0.717) is 0 Å². The van der Waals surface area contributed by atoms with Gasteiger partial charge in [-0.05, 0) is 67.1 Å². The quantitative estimate of drug-likeness (QED) is 0.229. The lowest BCUT2D eigenvalue weighted by Crippen LogP contribution is -2.28. The van der Waals surface area contributed by atoms with Gasteiger partial charge in [-0.3, -0.25) is 0 Å². The molecule has 34 heavy (non-hydrogen) atoms. The van der Waals surface area contributed by atoms with Crippen molar-refractivity contribution in [2.75, 3.05) is 0 Å². The summed E-state index contributed by atoms with van der Waals surface area (Å²) < 4.78 is 0. The Balaban J connectivity index is 1.80. The summed E-state index contributed by atoms with van der Waals surface area (Å²) in [5.74, 6) is 0. The van der Waals surface area contributed by atoms with Crippen LogP contribution in [0.5, 0.6) is 0 Å². The molecule has 0 heterocycles. The molecular formula is C33H21Cl. The van der Waals surface area contributed by atoms with Crippen molar-refractivity contribution in [3.63, 3.8) is 0 Å². The van der Waals surface area contributed by atoms with E-state index in [0.717, 1.165) is 5.02 Å². The number of fused-ring (bicyclic) bond motifs is 8. The third kappa shape index (κ3) is 2.49. The van der Waals surface area contributed by atoms with Crippen molar-refractivity contribution in [2.45, 2.75) is 5.41 Å². The average Bonchev–Trinajstić information content (AvgIpc) is 3.22. The van der Waals surface area contributed by atoms with Gasteiger partial charge in [0.2, 0.25) is 0 Å². The third-order valence-electron chi connectivity index (χ3n) is 7.39. The van der Waals surface area contributed by atoms with Crippen LogP contribution >= 0.6 is 11.6 Å². The number of hydrogen-bond acceptors (Lipinski definition) is 0. The van der Waals surface area contributed by atoms with Crippen LogP contribution in [-0.2, 0) is 5.41 Å². The highest BCUT2D eigenvalue weighted by molar-refractivity contribution is 6.30. The highest BCUT2D eigenvalue weighted by Crippen LogP contribution is 2.60. The van der Waals surface area contributed by atoms with E-state index in [-0.39, 0.29) is 0 Å².